The molecule has 1 N–H and O–H groups in total. The van der Waals surface area contributed by atoms with E-state index in [0.717, 1.165) is 56.6 Å². The SMILES string of the molecule is Cc1ccc(C23CC4CC(CC(C(=O)NCc5ccc(C(=O)N6CCN(C)CC6)cc5)(C4)C2)C3)cc1. The average molecular weight is 486 g/mol. The van der Waals surface area contributed by atoms with Crippen LogP contribution in [0, 0.1) is 24.2 Å². The molecular formula is C31H39N3O2. The lowest BCUT2D eigenvalue weighted by Gasteiger charge is -2.61. The van der Waals surface area contributed by atoms with Crippen molar-refractivity contribution >= 4 is 11.8 Å². The minimum Gasteiger partial charge on any atom is -0.352 e. The van der Waals surface area contributed by atoms with E-state index >= 15 is 0 Å². The van der Waals surface area contributed by atoms with Gasteiger partial charge < -0.3 is 15.1 Å². The van der Waals surface area contributed by atoms with Crippen molar-refractivity contribution in [3.05, 3.63) is 70.8 Å². The van der Waals surface area contributed by atoms with Crippen LogP contribution in [0.5, 0.6) is 0 Å². The van der Waals surface area contributed by atoms with Crippen LogP contribution in [0.15, 0.2) is 48.5 Å². The smallest absolute Gasteiger partial charge is 0.253 e. The van der Waals surface area contributed by atoms with Crippen molar-refractivity contribution in [1.82, 2.24) is 15.1 Å². The number of carbonyl (C=O) groups is 2. The van der Waals surface area contributed by atoms with Crippen molar-refractivity contribution in [2.45, 2.75) is 57.4 Å². The molecule has 4 saturated carbocycles. The molecule has 190 valence electrons. The summed E-state index contributed by atoms with van der Waals surface area (Å²) in [7, 11) is 2.09. The first-order valence-corrected chi connectivity index (χ1v) is 13.8. The van der Waals surface area contributed by atoms with Crippen molar-refractivity contribution in [3.63, 3.8) is 0 Å². The molecule has 5 aliphatic rings. The van der Waals surface area contributed by atoms with E-state index in [1.54, 1.807) is 0 Å². The molecule has 5 nitrogen and oxygen atoms in total. The lowest BCUT2D eigenvalue weighted by atomic mass is 9.42. The fourth-order valence-corrected chi connectivity index (χ4v) is 8.10. The predicted molar refractivity (Wildman–Crippen MR) is 142 cm³/mol. The number of nitrogens with one attached hydrogen (secondary N) is 1. The van der Waals surface area contributed by atoms with E-state index < -0.39 is 0 Å². The second-order valence-corrected chi connectivity index (χ2v) is 12.4. The summed E-state index contributed by atoms with van der Waals surface area (Å²) in [6, 6.07) is 16.9. The highest BCUT2D eigenvalue weighted by Crippen LogP contribution is 2.65. The van der Waals surface area contributed by atoms with Gasteiger partial charge >= 0.3 is 0 Å². The highest BCUT2D eigenvalue weighted by atomic mass is 16.2. The summed E-state index contributed by atoms with van der Waals surface area (Å²) >= 11 is 0. The van der Waals surface area contributed by atoms with E-state index in [-0.39, 0.29) is 22.6 Å². The first-order chi connectivity index (χ1) is 17.3. The van der Waals surface area contributed by atoms with Gasteiger partial charge in [-0.1, -0.05) is 42.0 Å². The maximum absolute atomic E-state index is 13.7. The van der Waals surface area contributed by atoms with Gasteiger partial charge in [-0.05, 0) is 93.0 Å². The van der Waals surface area contributed by atoms with Crippen molar-refractivity contribution < 1.29 is 9.59 Å². The van der Waals surface area contributed by atoms with E-state index in [0.29, 0.717) is 18.4 Å². The first kappa shape index (κ1) is 23.7. The summed E-state index contributed by atoms with van der Waals surface area (Å²) in [6.07, 6.45) is 6.85. The Balaban J connectivity index is 1.12. The Bertz CT molecular complexity index is 1120. The number of likely N-dealkylation sites (N-methyl/N-ethyl adjacent to an activating group) is 1. The molecule has 4 bridgehead atoms. The molecule has 2 aromatic rings. The molecule has 2 unspecified atom stereocenters. The largest absolute Gasteiger partial charge is 0.352 e. The van der Waals surface area contributed by atoms with Crippen LogP contribution in [0.3, 0.4) is 0 Å². The van der Waals surface area contributed by atoms with Crippen molar-refractivity contribution in [3.8, 4) is 0 Å². The minimum atomic E-state index is -0.230. The van der Waals surface area contributed by atoms with Crippen molar-refractivity contribution in [1.29, 1.82) is 0 Å². The third kappa shape index (κ3) is 4.26. The molecule has 2 amide bonds. The van der Waals surface area contributed by atoms with Gasteiger partial charge in [-0.3, -0.25) is 9.59 Å². The van der Waals surface area contributed by atoms with Crippen LogP contribution in [0.1, 0.15) is 65.6 Å². The molecule has 2 atom stereocenters. The van der Waals surface area contributed by atoms with E-state index in [1.807, 2.05) is 29.2 Å². The number of nitrogens with zero attached hydrogens (tertiary/aromatic N) is 2. The van der Waals surface area contributed by atoms with Crippen LogP contribution in [0.25, 0.3) is 0 Å². The fraction of sp³-hybridized carbons (Fsp3) is 0.548. The summed E-state index contributed by atoms with van der Waals surface area (Å²) in [6.45, 7) is 6.07. The number of amides is 2. The van der Waals surface area contributed by atoms with Crippen LogP contribution in [-0.2, 0) is 16.8 Å². The first-order valence-electron chi connectivity index (χ1n) is 13.8. The monoisotopic (exact) mass is 485 g/mol. The number of aryl methyl sites for hydroxylation is 1. The van der Waals surface area contributed by atoms with Crippen LogP contribution in [0.2, 0.25) is 0 Å². The molecule has 7 rings (SSSR count). The van der Waals surface area contributed by atoms with Gasteiger partial charge in [-0.2, -0.15) is 0 Å². The van der Waals surface area contributed by atoms with Crippen LogP contribution in [0.4, 0.5) is 0 Å². The topological polar surface area (TPSA) is 52.7 Å². The summed E-state index contributed by atoms with van der Waals surface area (Å²) in [5.41, 5.74) is 4.46. The zero-order valence-electron chi connectivity index (χ0n) is 21.8. The summed E-state index contributed by atoms with van der Waals surface area (Å²) < 4.78 is 0. The van der Waals surface area contributed by atoms with Gasteiger partial charge in [0.25, 0.3) is 5.91 Å². The molecule has 0 radical (unpaired) electrons. The van der Waals surface area contributed by atoms with E-state index in [1.165, 1.54) is 30.4 Å². The minimum absolute atomic E-state index is 0.105. The fourth-order valence-electron chi connectivity index (χ4n) is 8.10. The quantitative estimate of drug-likeness (QED) is 0.677. The molecule has 1 saturated heterocycles. The number of benzene rings is 2. The van der Waals surface area contributed by atoms with Crippen molar-refractivity contribution in [2.75, 3.05) is 33.2 Å². The van der Waals surface area contributed by atoms with Crippen LogP contribution < -0.4 is 5.32 Å². The molecule has 1 heterocycles. The summed E-state index contributed by atoms with van der Waals surface area (Å²) in [4.78, 5) is 30.8. The molecule has 5 heteroatoms. The number of piperazine rings is 1. The predicted octanol–water partition coefficient (Wildman–Crippen LogP) is 4.54. The van der Waals surface area contributed by atoms with Gasteiger partial charge in [0, 0.05) is 38.3 Å². The molecule has 2 aromatic carbocycles. The standard InChI is InChI=1S/C31H39N3O2/c1-22-3-9-27(10-4-22)30-16-24-15-25(17-30)19-31(18-24,21-30)29(36)32-20-23-5-7-26(8-6-23)28(35)34-13-11-33(2)12-14-34/h3-10,24-25H,11-21H2,1-2H3,(H,32,36). The summed E-state index contributed by atoms with van der Waals surface area (Å²) in [5.74, 6) is 1.68. The zero-order valence-corrected chi connectivity index (χ0v) is 21.8. The second-order valence-electron chi connectivity index (χ2n) is 12.4. The average Bonchev–Trinajstić information content (AvgIpc) is 2.87. The Labute approximate surface area is 215 Å². The number of carbonyl (C=O) groups excluding carboxylic acids is 2. The van der Waals surface area contributed by atoms with Crippen LogP contribution >= 0.6 is 0 Å². The zero-order chi connectivity index (χ0) is 24.9. The normalized spacial score (nSPS) is 31.4. The van der Waals surface area contributed by atoms with Gasteiger partial charge in [0.2, 0.25) is 5.91 Å². The highest BCUT2D eigenvalue weighted by Gasteiger charge is 2.60. The molecule has 4 aliphatic carbocycles. The van der Waals surface area contributed by atoms with Gasteiger partial charge in [-0.25, -0.2) is 0 Å². The van der Waals surface area contributed by atoms with Crippen molar-refractivity contribution in [2.24, 2.45) is 17.3 Å². The molecule has 0 spiro atoms. The second kappa shape index (κ2) is 9.02. The lowest BCUT2D eigenvalue weighted by molar-refractivity contribution is -0.149. The Kier molecular flexibility index (Phi) is 5.94. The third-order valence-electron chi connectivity index (χ3n) is 9.65. The molecule has 1 aliphatic heterocycles. The molecule has 5 fully saturated rings. The number of hydrogen-bond acceptors (Lipinski definition) is 3. The number of rotatable bonds is 5. The Morgan fingerprint density at radius 2 is 1.53 bits per heavy atom. The lowest BCUT2D eigenvalue weighted by Crippen LogP contribution is -2.59. The Hall–Kier alpha value is -2.66. The number of hydrogen-bond donors (Lipinski definition) is 1. The summed E-state index contributed by atoms with van der Waals surface area (Å²) in [5, 5.41) is 3.31. The van der Waals surface area contributed by atoms with Gasteiger partial charge in [0.05, 0.1) is 5.41 Å². The molecule has 0 aromatic heterocycles. The molecular weight excluding hydrogens is 446 g/mol. The van der Waals surface area contributed by atoms with Gasteiger partial charge in [0.1, 0.15) is 0 Å². The van der Waals surface area contributed by atoms with Gasteiger partial charge in [0.15, 0.2) is 0 Å². The van der Waals surface area contributed by atoms with Gasteiger partial charge in [-0.15, -0.1) is 0 Å². The van der Waals surface area contributed by atoms with E-state index in [2.05, 4.69) is 48.5 Å². The Morgan fingerprint density at radius 1 is 0.889 bits per heavy atom. The Morgan fingerprint density at radius 3 is 2.17 bits per heavy atom. The maximum Gasteiger partial charge on any atom is 0.253 e. The molecule has 36 heavy (non-hydrogen) atoms. The third-order valence-corrected chi connectivity index (χ3v) is 9.65. The highest BCUT2D eigenvalue weighted by molar-refractivity contribution is 5.94. The van der Waals surface area contributed by atoms with E-state index in [9.17, 15) is 9.59 Å². The van der Waals surface area contributed by atoms with Crippen LogP contribution in [-0.4, -0.2) is 54.8 Å². The maximum atomic E-state index is 13.7. The van der Waals surface area contributed by atoms with E-state index in [4.69, 9.17) is 0 Å².